The zero-order valence-corrected chi connectivity index (χ0v) is 10.5. The van der Waals surface area contributed by atoms with Gasteiger partial charge in [-0.05, 0) is 6.92 Å². The van der Waals surface area contributed by atoms with Gasteiger partial charge in [0.25, 0.3) is 0 Å². The lowest BCUT2D eigenvalue weighted by Crippen LogP contribution is -2.11. The summed E-state index contributed by atoms with van der Waals surface area (Å²) in [4.78, 5) is 11.8. The zero-order valence-electron chi connectivity index (χ0n) is 10.5. The largest absolute Gasteiger partial charge is 0.294 e. The molecule has 0 bridgehead atoms. The fourth-order valence-corrected chi connectivity index (χ4v) is 1.83. The van der Waals surface area contributed by atoms with E-state index < -0.39 is 46.6 Å². The minimum atomic E-state index is -1.52. The number of benzene rings is 2. The summed E-state index contributed by atoms with van der Waals surface area (Å²) in [5.74, 6) is -6.61. The fourth-order valence-electron chi connectivity index (χ4n) is 1.83. The minimum Gasteiger partial charge on any atom is -0.294 e. The molecule has 2 aromatic rings. The highest BCUT2D eigenvalue weighted by Crippen LogP contribution is 2.24. The van der Waals surface area contributed by atoms with E-state index in [1.165, 1.54) is 12.1 Å². The Balaban J connectivity index is 2.43. The Morgan fingerprint density at radius 2 is 1.40 bits per heavy atom. The second kappa shape index (κ2) is 5.45. The van der Waals surface area contributed by atoms with E-state index in [1.807, 2.05) is 0 Å². The molecule has 0 radical (unpaired) electrons. The van der Waals surface area contributed by atoms with Crippen LogP contribution >= 0.6 is 0 Å². The summed E-state index contributed by atoms with van der Waals surface area (Å²) >= 11 is 0. The van der Waals surface area contributed by atoms with Gasteiger partial charge in [0, 0.05) is 23.1 Å². The summed E-state index contributed by atoms with van der Waals surface area (Å²) in [6, 6.07) is 7.74. The van der Waals surface area contributed by atoms with Crippen molar-refractivity contribution in [1.29, 1.82) is 0 Å². The Bertz CT molecular complexity index is 636. The van der Waals surface area contributed by atoms with Crippen molar-refractivity contribution in [3.63, 3.8) is 0 Å². The number of carbonyl (C=O) groups excluding carboxylic acids is 1. The van der Waals surface area contributed by atoms with Gasteiger partial charge in [-0.15, -0.1) is 0 Å². The average molecular weight is 282 g/mol. The summed E-state index contributed by atoms with van der Waals surface area (Å²) in [7, 11) is 0. The molecule has 0 aliphatic carbocycles. The van der Waals surface area contributed by atoms with Crippen LogP contribution in [0.5, 0.6) is 0 Å². The van der Waals surface area contributed by atoms with E-state index in [1.54, 1.807) is 18.2 Å². The van der Waals surface area contributed by atoms with Crippen LogP contribution in [0.1, 0.15) is 21.5 Å². The summed E-state index contributed by atoms with van der Waals surface area (Å²) in [6.45, 7) is 0.930. The third-order valence-electron chi connectivity index (χ3n) is 3.01. The highest BCUT2D eigenvalue weighted by atomic mass is 19.2. The van der Waals surface area contributed by atoms with Gasteiger partial charge < -0.3 is 0 Å². The predicted molar refractivity (Wildman–Crippen MR) is 65.5 cm³/mol. The number of Topliss-reactive ketones (excluding diaryl/α,β-unsaturated/α-hetero) is 1. The monoisotopic (exact) mass is 282 g/mol. The van der Waals surface area contributed by atoms with Crippen molar-refractivity contribution >= 4 is 5.78 Å². The van der Waals surface area contributed by atoms with Gasteiger partial charge in [-0.25, -0.2) is 17.6 Å². The first-order valence-corrected chi connectivity index (χ1v) is 5.83. The predicted octanol–water partition coefficient (Wildman–Crippen LogP) is 3.98. The van der Waals surface area contributed by atoms with E-state index in [-0.39, 0.29) is 5.56 Å². The standard InChI is InChI=1S/C15H10F4O/c1-8-12(16)14(18)10(15(19)13(8)17)7-11(20)9-5-3-2-4-6-9/h2-6H,7H2,1H3. The molecule has 0 spiro atoms. The Labute approximate surface area is 112 Å². The van der Waals surface area contributed by atoms with E-state index >= 15 is 0 Å². The molecule has 0 aliphatic heterocycles. The van der Waals surface area contributed by atoms with Gasteiger partial charge in [0.1, 0.15) is 0 Å². The number of carbonyl (C=O) groups is 1. The van der Waals surface area contributed by atoms with Crippen LogP contribution in [0.3, 0.4) is 0 Å². The normalized spacial score (nSPS) is 10.7. The van der Waals surface area contributed by atoms with Crippen molar-refractivity contribution in [2.24, 2.45) is 0 Å². The maximum Gasteiger partial charge on any atom is 0.167 e. The van der Waals surface area contributed by atoms with Gasteiger partial charge in [0.05, 0.1) is 0 Å². The minimum absolute atomic E-state index is 0.215. The van der Waals surface area contributed by atoms with Crippen LogP contribution in [0.15, 0.2) is 30.3 Å². The Kier molecular flexibility index (Phi) is 3.88. The Hall–Kier alpha value is -2.17. The van der Waals surface area contributed by atoms with Gasteiger partial charge >= 0.3 is 0 Å². The first kappa shape index (κ1) is 14.2. The summed E-state index contributed by atoms with van der Waals surface area (Å²) < 4.78 is 54.1. The lowest BCUT2D eigenvalue weighted by molar-refractivity contribution is 0.0990. The van der Waals surface area contributed by atoms with Gasteiger partial charge in [-0.2, -0.15) is 0 Å². The zero-order chi connectivity index (χ0) is 14.9. The second-order valence-electron chi connectivity index (χ2n) is 4.33. The number of halogens is 4. The van der Waals surface area contributed by atoms with Gasteiger partial charge in [0.2, 0.25) is 0 Å². The van der Waals surface area contributed by atoms with Crippen LogP contribution in [0.25, 0.3) is 0 Å². The SMILES string of the molecule is Cc1c(F)c(F)c(CC(=O)c2ccccc2)c(F)c1F. The molecule has 5 heteroatoms. The molecule has 2 rings (SSSR count). The van der Waals surface area contributed by atoms with Crippen LogP contribution in [0.2, 0.25) is 0 Å². The van der Waals surface area contributed by atoms with Crippen LogP contribution in [0, 0.1) is 30.2 Å². The molecule has 0 N–H and O–H groups in total. The molecule has 0 fully saturated rings. The van der Waals surface area contributed by atoms with Gasteiger partial charge in [-0.3, -0.25) is 4.79 Å². The molecule has 0 aliphatic rings. The molecule has 104 valence electrons. The van der Waals surface area contributed by atoms with E-state index in [2.05, 4.69) is 0 Å². The van der Waals surface area contributed by atoms with Gasteiger partial charge in [0.15, 0.2) is 29.1 Å². The third kappa shape index (κ3) is 2.43. The molecular formula is C15H10F4O. The van der Waals surface area contributed by atoms with Crippen molar-refractivity contribution in [1.82, 2.24) is 0 Å². The highest BCUT2D eigenvalue weighted by Gasteiger charge is 2.24. The van der Waals surface area contributed by atoms with E-state index in [0.29, 0.717) is 0 Å². The van der Waals surface area contributed by atoms with Crippen molar-refractivity contribution in [2.45, 2.75) is 13.3 Å². The molecule has 0 unspecified atom stereocenters. The van der Waals surface area contributed by atoms with E-state index in [4.69, 9.17) is 0 Å². The maximum absolute atomic E-state index is 13.6. The highest BCUT2D eigenvalue weighted by molar-refractivity contribution is 5.97. The maximum atomic E-state index is 13.6. The van der Waals surface area contributed by atoms with Gasteiger partial charge in [-0.1, -0.05) is 30.3 Å². The van der Waals surface area contributed by atoms with Crippen molar-refractivity contribution in [2.75, 3.05) is 0 Å². The van der Waals surface area contributed by atoms with Crippen molar-refractivity contribution in [3.8, 4) is 0 Å². The number of hydrogen-bond donors (Lipinski definition) is 0. The quantitative estimate of drug-likeness (QED) is 0.473. The van der Waals surface area contributed by atoms with Crippen LogP contribution in [-0.2, 0) is 6.42 Å². The van der Waals surface area contributed by atoms with Crippen LogP contribution in [-0.4, -0.2) is 5.78 Å². The molecule has 2 aromatic carbocycles. The lowest BCUT2D eigenvalue weighted by Gasteiger charge is -2.09. The number of hydrogen-bond acceptors (Lipinski definition) is 1. The summed E-state index contributed by atoms with van der Waals surface area (Å²) in [6.07, 6.45) is -0.740. The van der Waals surface area contributed by atoms with Crippen molar-refractivity contribution in [3.05, 3.63) is 70.3 Å². The van der Waals surface area contributed by atoms with Crippen LogP contribution < -0.4 is 0 Å². The second-order valence-corrected chi connectivity index (χ2v) is 4.33. The first-order valence-electron chi connectivity index (χ1n) is 5.83. The first-order chi connectivity index (χ1) is 9.43. The Morgan fingerprint density at radius 1 is 0.900 bits per heavy atom. The van der Waals surface area contributed by atoms with Crippen LogP contribution in [0.4, 0.5) is 17.6 Å². The molecule has 0 saturated carbocycles. The number of ketones is 1. The smallest absolute Gasteiger partial charge is 0.167 e. The molecule has 0 atom stereocenters. The molecule has 0 saturated heterocycles. The molecule has 0 aromatic heterocycles. The summed E-state index contributed by atoms with van der Waals surface area (Å²) in [5, 5.41) is 0. The fraction of sp³-hybridized carbons (Fsp3) is 0.133. The average Bonchev–Trinajstić information content (AvgIpc) is 2.48. The summed E-state index contributed by atoms with van der Waals surface area (Å²) in [5.41, 5.74) is -1.41. The van der Waals surface area contributed by atoms with Crippen molar-refractivity contribution < 1.29 is 22.4 Å². The molecule has 0 amide bonds. The molecular weight excluding hydrogens is 272 g/mol. The molecule has 0 heterocycles. The topological polar surface area (TPSA) is 17.1 Å². The molecule has 1 nitrogen and oxygen atoms in total. The van der Waals surface area contributed by atoms with E-state index in [9.17, 15) is 22.4 Å². The van der Waals surface area contributed by atoms with E-state index in [0.717, 1.165) is 6.92 Å². The lowest BCUT2D eigenvalue weighted by atomic mass is 10.00. The Morgan fingerprint density at radius 3 is 1.90 bits per heavy atom. The number of rotatable bonds is 3. The molecule has 20 heavy (non-hydrogen) atoms. The third-order valence-corrected chi connectivity index (χ3v) is 3.01.